The highest BCUT2D eigenvalue weighted by molar-refractivity contribution is 5.85. The zero-order valence-electron chi connectivity index (χ0n) is 40.7. The maximum atomic E-state index is 11.3. The summed E-state index contributed by atoms with van der Waals surface area (Å²) in [6, 6.07) is 0. The fourth-order valence-electron chi connectivity index (χ4n) is 10.4. The van der Waals surface area contributed by atoms with E-state index in [2.05, 4.69) is 0 Å². The Balaban J connectivity index is 0.00000882. The Morgan fingerprint density at radius 1 is 0.167 bits per heavy atom. The van der Waals surface area contributed by atoms with Crippen LogP contribution in [0.1, 0.15) is 0 Å². The lowest BCUT2D eigenvalue weighted by atomic mass is 9.95. The van der Waals surface area contributed by atoms with Gasteiger partial charge in [0.05, 0.1) is 46.2 Å². The first kappa shape index (κ1) is 64.5. The minimum atomic E-state index is -2.21. The Morgan fingerprint density at radius 2 is 0.269 bits per heavy atom. The second kappa shape index (κ2) is 27.3. The van der Waals surface area contributed by atoms with Gasteiger partial charge in [-0.1, -0.05) is 0 Å². The summed E-state index contributed by atoms with van der Waals surface area (Å²) in [5.41, 5.74) is 0. The predicted molar refractivity (Wildman–Crippen MR) is 236 cm³/mol. The van der Waals surface area contributed by atoms with E-state index in [1.165, 1.54) is 0 Å². The smallest absolute Gasteiger partial charge is 0.187 e. The topological polar surface area (TPSA) is 554 Å². The van der Waals surface area contributed by atoms with Gasteiger partial charge >= 0.3 is 0 Å². The molecule has 21 heterocycles. The molecule has 0 radical (unpaired) electrons. The van der Waals surface area contributed by atoms with Crippen LogP contribution in [0.15, 0.2) is 0 Å². The van der Waals surface area contributed by atoms with Crippen LogP contribution in [0.3, 0.4) is 0 Å². The third-order valence-electron chi connectivity index (χ3n) is 14.8. The van der Waals surface area contributed by atoms with Crippen molar-refractivity contribution in [3.8, 4) is 0 Å². The van der Waals surface area contributed by atoms with Gasteiger partial charge in [0.25, 0.3) is 0 Å². The van der Waals surface area contributed by atoms with Crippen molar-refractivity contribution >= 4 is 12.4 Å². The third-order valence-corrected chi connectivity index (χ3v) is 14.8. The predicted octanol–water partition coefficient (Wildman–Crippen LogP) is -14.8. The monoisotopic (exact) mass is 1170 g/mol. The van der Waals surface area contributed by atoms with Gasteiger partial charge in [-0.15, -0.1) is 12.4 Å². The van der Waals surface area contributed by atoms with Crippen LogP contribution in [0, 0.1) is 0 Å². The highest BCUT2D eigenvalue weighted by atomic mass is 35.5. The van der Waals surface area contributed by atoms with Crippen molar-refractivity contribution in [2.24, 2.45) is 0 Å². The molecule has 0 aromatic carbocycles. The van der Waals surface area contributed by atoms with Crippen LogP contribution in [-0.4, -0.2) is 368 Å². The van der Waals surface area contributed by atoms with E-state index in [0.717, 1.165) is 0 Å². The van der Waals surface area contributed by atoms with Crippen molar-refractivity contribution in [1.29, 1.82) is 0 Å². The van der Waals surface area contributed by atoms with Crippen LogP contribution >= 0.6 is 12.4 Å². The van der Waals surface area contributed by atoms with Gasteiger partial charge in [0.15, 0.2) is 44.0 Å². The zero-order chi connectivity index (χ0) is 56.1. The Morgan fingerprint density at radius 3 is 0.359 bits per heavy atom. The summed E-state index contributed by atoms with van der Waals surface area (Å²) in [6.45, 7) is -7.33. The summed E-state index contributed by atoms with van der Waals surface area (Å²) >= 11 is 0. The lowest BCUT2D eigenvalue weighted by Crippen LogP contribution is -2.68. The largest absolute Gasteiger partial charge is 0.394 e. The van der Waals surface area contributed by atoms with Gasteiger partial charge in [-0.2, -0.15) is 0 Å². The molecule has 21 aliphatic heterocycles. The van der Waals surface area contributed by atoms with E-state index < -0.39 is 261 Å². The molecule has 36 heteroatoms. The van der Waals surface area contributed by atoms with E-state index in [4.69, 9.17) is 66.3 Å². The Labute approximate surface area is 446 Å². The molecule has 0 aliphatic carbocycles. The zero-order valence-corrected chi connectivity index (χ0v) is 41.5. The normalized spacial score (nSPS) is 54.7. The van der Waals surface area contributed by atoms with Crippen LogP contribution < -0.4 is 0 Å². The van der Waals surface area contributed by atoms with E-state index in [1.54, 1.807) is 0 Å². The molecular formula is C42H71ClO35. The number of aliphatic hydroxyl groups excluding tert-OH is 21. The number of aliphatic hydroxyl groups is 21. The first-order valence-electron chi connectivity index (χ1n) is 24.6. The second-order valence-corrected chi connectivity index (χ2v) is 19.7. The molecular weight excluding hydrogens is 1100 g/mol. The Hall–Kier alpha value is -1.11. The van der Waals surface area contributed by atoms with Gasteiger partial charge in [-0.05, 0) is 0 Å². The molecule has 21 N–H and O–H groups in total. The van der Waals surface area contributed by atoms with Crippen molar-refractivity contribution in [2.75, 3.05) is 46.2 Å². The molecule has 0 amide bonds. The van der Waals surface area contributed by atoms with Crippen LogP contribution in [-0.2, 0) is 66.3 Å². The van der Waals surface area contributed by atoms with E-state index in [1.807, 2.05) is 0 Å². The van der Waals surface area contributed by atoms with Gasteiger partial charge < -0.3 is 174 Å². The second-order valence-electron chi connectivity index (χ2n) is 19.7. The molecule has 0 spiro atoms. The fraction of sp³-hybridized carbons (Fsp3) is 1.00. The van der Waals surface area contributed by atoms with Crippen molar-refractivity contribution < 1.29 is 174 Å². The molecule has 0 aromatic rings. The summed E-state index contributed by atoms with van der Waals surface area (Å²) in [5, 5.41) is 230. The lowest BCUT2D eigenvalue weighted by Gasteiger charge is -2.50. The van der Waals surface area contributed by atoms with Crippen LogP contribution in [0.4, 0.5) is 0 Å². The van der Waals surface area contributed by atoms with E-state index in [-0.39, 0.29) is 12.4 Å². The molecule has 0 aromatic heterocycles. The quantitative estimate of drug-likeness (QED) is 0.113. The molecule has 21 saturated heterocycles. The Kier molecular flexibility index (Phi) is 22.5. The number of hydrogen-bond donors (Lipinski definition) is 21. The van der Waals surface area contributed by atoms with Gasteiger partial charge in [0, 0.05) is 0 Å². The third kappa shape index (κ3) is 12.5. The number of halogens is 1. The molecule has 456 valence electrons. The summed E-state index contributed by atoms with van der Waals surface area (Å²) in [5.74, 6) is 0. The van der Waals surface area contributed by atoms with Crippen molar-refractivity contribution in [1.82, 2.24) is 0 Å². The van der Waals surface area contributed by atoms with Crippen LogP contribution in [0.5, 0.6) is 0 Å². The lowest BCUT2D eigenvalue weighted by molar-refractivity contribution is -0.396. The molecule has 14 bridgehead atoms. The van der Waals surface area contributed by atoms with Crippen molar-refractivity contribution in [3.05, 3.63) is 0 Å². The maximum absolute atomic E-state index is 11.3. The molecule has 35 nitrogen and oxygen atoms in total. The molecule has 0 saturated carbocycles. The minimum absolute atomic E-state index is 0. The number of ether oxygens (including phenoxy) is 14. The van der Waals surface area contributed by atoms with Gasteiger partial charge in [-0.3, -0.25) is 0 Å². The molecule has 78 heavy (non-hydrogen) atoms. The first-order chi connectivity index (χ1) is 36.7. The van der Waals surface area contributed by atoms with Crippen molar-refractivity contribution in [3.63, 3.8) is 0 Å². The summed E-state index contributed by atoms with van der Waals surface area (Å²) < 4.78 is 79.5. The standard InChI is InChI=1S/C42H70O35.ClH/c43-1-8-29-15(50)22(57)36(64-8)72-30-9(2-44)66-38(24(59)17(30)52)74-32-11(4-46)68-40(26(61)19(32)54)76-34-13(6-48)70-42(28(63)21(34)56)77-35-14(7-49)69-41(27(62)20(35)55)75-33-12(5-47)67-39(25(60)18(33)53)73-31-10(3-45)65-37(71-29)23(58)16(31)51;/h8-63H,1-7H2;1H/t8-,9-,10-,11-,12-,13-,14-,15-,16-,17-,18-,19-,20-,21-,22-,23-,24-,25-,26-,27-,28-,29-,30-,31-,32-,33-,34-,35-,36-,37-,38-,39-,40-,41-,42-;/m1./s1. The number of hydrogen-bond acceptors (Lipinski definition) is 35. The summed E-state index contributed by atoms with van der Waals surface area (Å²) in [4.78, 5) is 0. The molecule has 21 fully saturated rings. The fourth-order valence-corrected chi connectivity index (χ4v) is 10.4. The number of rotatable bonds is 7. The molecule has 35 atom stereocenters. The molecule has 0 unspecified atom stereocenters. The SMILES string of the molecule is Cl.OC[C@H]1O[C@@H]2O[C@H]3[C@H](O)[C@@H](O)[C@@H](O[C@H]4[C@H](O)[C@@H](O)[C@@H](O[C@H]5[C@H](O)[C@@H](O)[C@@H](O[C@H]6[C@H](O)[C@@H](O)[C@@H](O[C@H]7[C@H](O)[C@@H](O)[C@@H](O[C@H]8[C@H](O)[C@@H](O)[C@@H](O[C@H]1[C@H](O)[C@H]2O)O[C@@H]8CO)O[C@@H]7CO)O[C@@H]6CO)O[C@@H]5CO)O[C@@H]4CO)O[C@@H]3CO. The van der Waals surface area contributed by atoms with Crippen LogP contribution in [0.25, 0.3) is 0 Å². The highest BCUT2D eigenvalue weighted by Crippen LogP contribution is 2.39. The maximum Gasteiger partial charge on any atom is 0.187 e. The molecule has 21 aliphatic rings. The average Bonchev–Trinajstić information content (AvgIpc) is 3.42. The van der Waals surface area contributed by atoms with E-state index >= 15 is 0 Å². The van der Waals surface area contributed by atoms with Gasteiger partial charge in [-0.25, -0.2) is 0 Å². The Bertz CT molecular complexity index is 1470. The van der Waals surface area contributed by atoms with Crippen LogP contribution in [0.2, 0.25) is 0 Å². The first-order valence-corrected chi connectivity index (χ1v) is 24.6. The average molecular weight is 1170 g/mol. The van der Waals surface area contributed by atoms with E-state index in [0.29, 0.717) is 0 Å². The summed E-state index contributed by atoms with van der Waals surface area (Å²) in [6.07, 6.45) is -70.2. The molecule has 21 rings (SSSR count). The van der Waals surface area contributed by atoms with Gasteiger partial charge in [0.1, 0.15) is 171 Å². The van der Waals surface area contributed by atoms with Gasteiger partial charge in [0.2, 0.25) is 0 Å². The van der Waals surface area contributed by atoms with E-state index in [9.17, 15) is 107 Å². The minimum Gasteiger partial charge on any atom is -0.394 e. The van der Waals surface area contributed by atoms with Crippen molar-refractivity contribution in [2.45, 2.75) is 215 Å². The summed E-state index contributed by atoms with van der Waals surface area (Å²) in [7, 11) is 0. The highest BCUT2D eigenvalue weighted by Gasteiger charge is 2.59.